The fourth-order valence-corrected chi connectivity index (χ4v) is 2.60. The van der Waals surface area contributed by atoms with Crippen LogP contribution in [0.5, 0.6) is 0 Å². The molecule has 1 aromatic carbocycles. The summed E-state index contributed by atoms with van der Waals surface area (Å²) in [7, 11) is -2.39. The number of sulfonamides is 1. The Hall–Kier alpha value is -1.60. The third-order valence-corrected chi connectivity index (χ3v) is 3.85. The molecular formula is C11H16N2O4S. The van der Waals surface area contributed by atoms with E-state index in [0.717, 1.165) is 0 Å². The molecule has 1 atom stereocenters. The van der Waals surface area contributed by atoms with Gasteiger partial charge in [-0.15, -0.1) is 0 Å². The van der Waals surface area contributed by atoms with Gasteiger partial charge in [-0.25, -0.2) is 13.1 Å². The molecule has 6 nitrogen and oxygen atoms in total. The van der Waals surface area contributed by atoms with Crippen LogP contribution in [-0.4, -0.2) is 27.5 Å². The minimum absolute atomic E-state index is 0.0231. The van der Waals surface area contributed by atoms with Crippen LogP contribution in [0.2, 0.25) is 0 Å². The molecule has 1 rings (SSSR count). The van der Waals surface area contributed by atoms with Gasteiger partial charge in [0.05, 0.1) is 18.4 Å². The summed E-state index contributed by atoms with van der Waals surface area (Å²) in [5.74, 6) is -0.470. The Morgan fingerprint density at radius 1 is 1.39 bits per heavy atom. The van der Waals surface area contributed by atoms with E-state index in [1.165, 1.54) is 31.4 Å². The molecule has 3 N–H and O–H groups in total. The van der Waals surface area contributed by atoms with Gasteiger partial charge in [0, 0.05) is 11.7 Å². The number of rotatable bonds is 5. The first kappa shape index (κ1) is 14.5. The number of carbonyl (C=O) groups excluding carboxylic acids is 1. The number of nitrogens with one attached hydrogen (secondary N) is 1. The normalized spacial score (nSPS) is 13.0. The number of carbonyl (C=O) groups is 1. The molecule has 0 saturated heterocycles. The second-order valence-corrected chi connectivity index (χ2v) is 5.59. The third kappa shape index (κ3) is 4.01. The molecule has 0 amide bonds. The van der Waals surface area contributed by atoms with E-state index >= 15 is 0 Å². The number of nitrogens with two attached hydrogens (primary N) is 1. The molecule has 0 radical (unpaired) electrons. The highest BCUT2D eigenvalue weighted by Crippen LogP contribution is 2.12. The summed E-state index contributed by atoms with van der Waals surface area (Å²) >= 11 is 0. The summed E-state index contributed by atoms with van der Waals surface area (Å²) in [5, 5.41) is 0. The molecule has 18 heavy (non-hydrogen) atoms. The maximum absolute atomic E-state index is 11.9. The lowest BCUT2D eigenvalue weighted by molar-refractivity contribution is -0.140. The second kappa shape index (κ2) is 5.83. The Bertz CT molecular complexity index is 510. The molecule has 0 fully saturated rings. The lowest BCUT2D eigenvalue weighted by Crippen LogP contribution is -2.34. The van der Waals surface area contributed by atoms with Crippen LogP contribution < -0.4 is 10.5 Å². The quantitative estimate of drug-likeness (QED) is 0.600. The van der Waals surface area contributed by atoms with Gasteiger partial charge < -0.3 is 10.5 Å². The SMILES string of the molecule is COC(=O)CC(C)NS(=O)(=O)c1ccc(N)cc1. The fraction of sp³-hybridized carbons (Fsp3) is 0.364. The van der Waals surface area contributed by atoms with Crippen LogP contribution >= 0.6 is 0 Å². The highest BCUT2D eigenvalue weighted by molar-refractivity contribution is 7.89. The van der Waals surface area contributed by atoms with Gasteiger partial charge >= 0.3 is 5.97 Å². The minimum atomic E-state index is -3.64. The molecule has 7 heteroatoms. The highest BCUT2D eigenvalue weighted by Gasteiger charge is 2.19. The van der Waals surface area contributed by atoms with E-state index < -0.39 is 22.0 Å². The number of methoxy groups -OCH3 is 1. The molecule has 0 aliphatic heterocycles. The van der Waals surface area contributed by atoms with Gasteiger partial charge in [0.1, 0.15) is 0 Å². The standard InChI is InChI=1S/C11H16N2O4S/c1-8(7-11(14)17-2)13-18(15,16)10-5-3-9(12)4-6-10/h3-6,8,13H,7,12H2,1-2H3. The van der Waals surface area contributed by atoms with Gasteiger partial charge in [0.15, 0.2) is 0 Å². The first-order valence-electron chi connectivity index (χ1n) is 5.30. The monoisotopic (exact) mass is 272 g/mol. The van der Waals surface area contributed by atoms with Crippen LogP contribution in [0.4, 0.5) is 5.69 Å². The Kier molecular flexibility index (Phi) is 4.69. The summed E-state index contributed by atoms with van der Waals surface area (Å²) in [6.45, 7) is 1.59. The summed E-state index contributed by atoms with van der Waals surface area (Å²) in [6.07, 6.45) is -0.0231. The van der Waals surface area contributed by atoms with E-state index in [2.05, 4.69) is 9.46 Å². The van der Waals surface area contributed by atoms with E-state index in [9.17, 15) is 13.2 Å². The van der Waals surface area contributed by atoms with Crippen molar-refractivity contribution in [1.29, 1.82) is 0 Å². The van der Waals surface area contributed by atoms with Crippen molar-refractivity contribution in [3.8, 4) is 0 Å². The predicted octanol–water partition coefficient (Wildman–Crippen LogP) is 0.499. The number of benzene rings is 1. The number of esters is 1. The van der Waals surface area contributed by atoms with Gasteiger partial charge in [-0.2, -0.15) is 0 Å². The third-order valence-electron chi connectivity index (χ3n) is 2.25. The lowest BCUT2D eigenvalue weighted by atomic mass is 10.3. The van der Waals surface area contributed by atoms with Crippen LogP contribution in [0.1, 0.15) is 13.3 Å². The zero-order chi connectivity index (χ0) is 13.8. The zero-order valence-corrected chi connectivity index (χ0v) is 11.0. The van der Waals surface area contributed by atoms with Gasteiger partial charge in [0.2, 0.25) is 10.0 Å². The summed E-state index contributed by atoms with van der Waals surface area (Å²) in [5.41, 5.74) is 5.96. The zero-order valence-electron chi connectivity index (χ0n) is 10.2. The average Bonchev–Trinajstić information content (AvgIpc) is 2.28. The smallest absolute Gasteiger partial charge is 0.307 e. The number of hydrogen-bond donors (Lipinski definition) is 2. The van der Waals surface area contributed by atoms with Crippen LogP contribution in [0.3, 0.4) is 0 Å². The van der Waals surface area contributed by atoms with E-state index in [-0.39, 0.29) is 11.3 Å². The van der Waals surface area contributed by atoms with Crippen molar-refractivity contribution in [1.82, 2.24) is 4.72 Å². The fourth-order valence-electron chi connectivity index (χ4n) is 1.35. The molecule has 0 heterocycles. The number of anilines is 1. The molecule has 100 valence electrons. The van der Waals surface area contributed by atoms with Crippen LogP contribution in [0.25, 0.3) is 0 Å². The van der Waals surface area contributed by atoms with Crippen LogP contribution in [0, 0.1) is 0 Å². The second-order valence-electron chi connectivity index (χ2n) is 3.87. The predicted molar refractivity (Wildman–Crippen MR) is 67.3 cm³/mol. The van der Waals surface area contributed by atoms with E-state index in [1.54, 1.807) is 6.92 Å². The average molecular weight is 272 g/mol. The topological polar surface area (TPSA) is 98.5 Å². The summed E-state index contributed by atoms with van der Waals surface area (Å²) in [6, 6.07) is 5.27. The number of nitrogen functional groups attached to an aromatic ring is 1. The largest absolute Gasteiger partial charge is 0.469 e. The Balaban J connectivity index is 2.76. The maximum Gasteiger partial charge on any atom is 0.307 e. The lowest BCUT2D eigenvalue weighted by Gasteiger charge is -2.13. The van der Waals surface area contributed by atoms with Crippen molar-refractivity contribution >= 4 is 21.7 Å². The molecule has 0 aliphatic rings. The molecule has 0 aliphatic carbocycles. The van der Waals surface area contributed by atoms with Crippen molar-refractivity contribution in [3.63, 3.8) is 0 Å². The first-order valence-corrected chi connectivity index (χ1v) is 6.78. The molecule has 1 unspecified atom stereocenters. The van der Waals surface area contributed by atoms with E-state index in [0.29, 0.717) is 5.69 Å². The summed E-state index contributed by atoms with van der Waals surface area (Å²) in [4.78, 5) is 11.1. The van der Waals surface area contributed by atoms with Crippen molar-refractivity contribution in [2.24, 2.45) is 0 Å². The van der Waals surface area contributed by atoms with Crippen molar-refractivity contribution < 1.29 is 17.9 Å². The van der Waals surface area contributed by atoms with Gasteiger partial charge in [0.25, 0.3) is 0 Å². The van der Waals surface area contributed by atoms with Gasteiger partial charge in [-0.05, 0) is 31.2 Å². The number of ether oxygens (including phenoxy) is 1. The minimum Gasteiger partial charge on any atom is -0.469 e. The first-order chi connectivity index (χ1) is 8.35. The Morgan fingerprint density at radius 2 is 1.94 bits per heavy atom. The van der Waals surface area contributed by atoms with Gasteiger partial charge in [-0.1, -0.05) is 0 Å². The van der Waals surface area contributed by atoms with Crippen molar-refractivity contribution in [2.75, 3.05) is 12.8 Å². The van der Waals surface area contributed by atoms with Gasteiger partial charge in [-0.3, -0.25) is 4.79 Å². The summed E-state index contributed by atoms with van der Waals surface area (Å²) < 4.78 is 30.7. The van der Waals surface area contributed by atoms with E-state index in [4.69, 9.17) is 5.73 Å². The maximum atomic E-state index is 11.9. The molecule has 0 aromatic heterocycles. The molecule has 0 saturated carbocycles. The van der Waals surface area contributed by atoms with Crippen LogP contribution in [0.15, 0.2) is 29.2 Å². The van der Waals surface area contributed by atoms with Crippen LogP contribution in [-0.2, 0) is 19.6 Å². The molecule has 0 bridgehead atoms. The van der Waals surface area contributed by atoms with E-state index in [1.807, 2.05) is 0 Å². The molecule has 1 aromatic rings. The number of hydrogen-bond acceptors (Lipinski definition) is 5. The Labute approximate surface area is 106 Å². The van der Waals surface area contributed by atoms with Crippen molar-refractivity contribution in [2.45, 2.75) is 24.3 Å². The highest BCUT2D eigenvalue weighted by atomic mass is 32.2. The van der Waals surface area contributed by atoms with Crippen molar-refractivity contribution in [3.05, 3.63) is 24.3 Å². The molecule has 0 spiro atoms. The Morgan fingerprint density at radius 3 is 2.44 bits per heavy atom. The molecular weight excluding hydrogens is 256 g/mol.